The summed E-state index contributed by atoms with van der Waals surface area (Å²) in [6, 6.07) is 5.02. The molecule has 1 saturated heterocycles. The number of rotatable bonds is 4. The molecule has 3 heterocycles. The second-order valence-electron chi connectivity index (χ2n) is 6.48. The van der Waals surface area contributed by atoms with E-state index in [0.717, 1.165) is 31.6 Å². The summed E-state index contributed by atoms with van der Waals surface area (Å²) in [7, 11) is 0. The number of nitrogens with zero attached hydrogens (tertiary/aromatic N) is 5. The second-order valence-corrected chi connectivity index (χ2v) is 6.48. The maximum atomic E-state index is 12.2. The van der Waals surface area contributed by atoms with E-state index in [4.69, 9.17) is 5.26 Å². The van der Waals surface area contributed by atoms with Crippen LogP contribution in [0.4, 0.5) is 11.4 Å². The van der Waals surface area contributed by atoms with E-state index < -0.39 is 5.69 Å². The van der Waals surface area contributed by atoms with Crippen LogP contribution in [-0.2, 0) is 11.3 Å². The third kappa shape index (κ3) is 4.25. The summed E-state index contributed by atoms with van der Waals surface area (Å²) in [4.78, 5) is 34.2. The van der Waals surface area contributed by atoms with E-state index in [1.54, 1.807) is 18.5 Å². The molecule has 0 radical (unpaired) electrons. The molecule has 2 aromatic rings. The van der Waals surface area contributed by atoms with E-state index in [9.17, 15) is 9.59 Å². The van der Waals surface area contributed by atoms with Crippen LogP contribution in [0.15, 0.2) is 35.5 Å². The molecular weight excluding hydrogens is 332 g/mol. The summed E-state index contributed by atoms with van der Waals surface area (Å²) in [6.45, 7) is 3.94. The van der Waals surface area contributed by atoms with Crippen LogP contribution in [0.25, 0.3) is 0 Å². The summed E-state index contributed by atoms with van der Waals surface area (Å²) >= 11 is 0. The Kier molecular flexibility index (Phi) is 5.27. The highest BCUT2D eigenvalue weighted by Crippen LogP contribution is 2.21. The van der Waals surface area contributed by atoms with Gasteiger partial charge in [0.1, 0.15) is 18.3 Å². The van der Waals surface area contributed by atoms with Crippen molar-refractivity contribution in [1.29, 1.82) is 5.26 Å². The first-order valence-corrected chi connectivity index (χ1v) is 8.52. The lowest BCUT2D eigenvalue weighted by Crippen LogP contribution is -2.35. The van der Waals surface area contributed by atoms with Gasteiger partial charge in [-0.05, 0) is 30.9 Å². The predicted octanol–water partition coefficient (Wildman–Crippen LogP) is 1.38. The second kappa shape index (κ2) is 7.78. The van der Waals surface area contributed by atoms with Gasteiger partial charge in [-0.15, -0.1) is 0 Å². The third-order valence-electron chi connectivity index (χ3n) is 4.47. The molecule has 8 nitrogen and oxygen atoms in total. The van der Waals surface area contributed by atoms with Crippen molar-refractivity contribution in [3.63, 3.8) is 0 Å². The van der Waals surface area contributed by atoms with Crippen LogP contribution in [-0.4, -0.2) is 33.5 Å². The SMILES string of the molecule is CC1CCN(c2cnc(=O)n(CC(=O)Nc3ccc(C#N)nc3)c2)CC1. The molecule has 1 aliphatic heterocycles. The number of amides is 1. The van der Waals surface area contributed by atoms with Crippen molar-refractivity contribution >= 4 is 17.3 Å². The van der Waals surface area contributed by atoms with Gasteiger partial charge in [0.15, 0.2) is 0 Å². The van der Waals surface area contributed by atoms with Gasteiger partial charge in [0, 0.05) is 19.3 Å². The maximum Gasteiger partial charge on any atom is 0.348 e. The Balaban J connectivity index is 1.68. The smallest absolute Gasteiger partial charge is 0.348 e. The quantitative estimate of drug-likeness (QED) is 0.891. The molecule has 1 N–H and O–H groups in total. The number of pyridine rings is 1. The number of carbonyl (C=O) groups excluding carboxylic acids is 1. The van der Waals surface area contributed by atoms with Gasteiger partial charge in [-0.25, -0.2) is 9.78 Å². The molecule has 1 aliphatic rings. The Morgan fingerprint density at radius 1 is 1.31 bits per heavy atom. The van der Waals surface area contributed by atoms with E-state index in [1.807, 2.05) is 6.07 Å². The van der Waals surface area contributed by atoms with Gasteiger partial charge >= 0.3 is 5.69 Å². The number of hydrogen-bond donors (Lipinski definition) is 1. The number of nitriles is 1. The lowest BCUT2D eigenvalue weighted by Gasteiger charge is -2.31. The van der Waals surface area contributed by atoms with Gasteiger partial charge in [-0.3, -0.25) is 9.36 Å². The number of aromatic nitrogens is 3. The topological polar surface area (TPSA) is 104 Å². The average molecular weight is 352 g/mol. The van der Waals surface area contributed by atoms with Gasteiger partial charge in [0.25, 0.3) is 0 Å². The highest BCUT2D eigenvalue weighted by Gasteiger charge is 2.17. The summed E-state index contributed by atoms with van der Waals surface area (Å²) in [5, 5.41) is 11.4. The standard InChI is InChI=1S/C18H20N6O2/c1-13-4-6-23(7-5-13)16-10-21-18(26)24(11-16)12-17(25)22-15-3-2-14(8-19)20-9-15/h2-3,9-11,13H,4-7,12H2,1H3,(H,22,25). The fourth-order valence-electron chi connectivity index (χ4n) is 2.88. The molecule has 2 aromatic heterocycles. The lowest BCUT2D eigenvalue weighted by atomic mass is 9.99. The third-order valence-corrected chi connectivity index (χ3v) is 4.47. The van der Waals surface area contributed by atoms with Crippen LogP contribution >= 0.6 is 0 Å². The zero-order chi connectivity index (χ0) is 18.5. The fourth-order valence-corrected chi connectivity index (χ4v) is 2.88. The summed E-state index contributed by atoms with van der Waals surface area (Å²) in [5.41, 5.74) is 1.12. The van der Waals surface area contributed by atoms with E-state index in [1.165, 1.54) is 16.8 Å². The minimum absolute atomic E-state index is 0.135. The Hall–Kier alpha value is -3.21. The number of carbonyl (C=O) groups is 1. The van der Waals surface area contributed by atoms with Crippen LogP contribution in [0.3, 0.4) is 0 Å². The maximum absolute atomic E-state index is 12.2. The lowest BCUT2D eigenvalue weighted by molar-refractivity contribution is -0.116. The van der Waals surface area contributed by atoms with Gasteiger partial charge in [-0.1, -0.05) is 6.92 Å². The van der Waals surface area contributed by atoms with Gasteiger partial charge < -0.3 is 10.2 Å². The van der Waals surface area contributed by atoms with Crippen LogP contribution < -0.4 is 15.9 Å². The molecule has 0 aliphatic carbocycles. The van der Waals surface area contributed by atoms with Crippen LogP contribution in [0, 0.1) is 17.2 Å². The first-order chi connectivity index (χ1) is 12.5. The van der Waals surface area contributed by atoms with E-state index >= 15 is 0 Å². The molecule has 0 saturated carbocycles. The van der Waals surface area contributed by atoms with E-state index in [-0.39, 0.29) is 18.1 Å². The number of nitrogens with one attached hydrogen (secondary N) is 1. The van der Waals surface area contributed by atoms with E-state index in [0.29, 0.717) is 11.6 Å². The molecular formula is C18H20N6O2. The molecule has 134 valence electrons. The largest absolute Gasteiger partial charge is 0.369 e. The summed E-state index contributed by atoms with van der Waals surface area (Å²) in [5.74, 6) is 0.349. The normalized spacial score (nSPS) is 14.7. The fraction of sp³-hybridized carbons (Fsp3) is 0.389. The summed E-state index contributed by atoms with van der Waals surface area (Å²) in [6.07, 6.45) is 6.86. The molecule has 3 rings (SSSR count). The molecule has 0 spiro atoms. The van der Waals surface area contributed by atoms with Gasteiger partial charge in [0.05, 0.1) is 23.8 Å². The monoisotopic (exact) mass is 352 g/mol. The zero-order valence-corrected chi connectivity index (χ0v) is 14.6. The molecule has 1 fully saturated rings. The van der Waals surface area contributed by atoms with Crippen molar-refractivity contribution in [3.05, 3.63) is 46.9 Å². The highest BCUT2D eigenvalue weighted by molar-refractivity contribution is 5.90. The molecule has 1 amide bonds. The first kappa shape index (κ1) is 17.6. The Bertz CT molecular complexity index is 876. The van der Waals surface area contributed by atoms with E-state index in [2.05, 4.69) is 27.1 Å². The van der Waals surface area contributed by atoms with Crippen molar-refractivity contribution in [3.8, 4) is 6.07 Å². The van der Waals surface area contributed by atoms with Crippen molar-refractivity contribution in [2.24, 2.45) is 5.92 Å². The number of hydrogen-bond acceptors (Lipinski definition) is 6. The minimum atomic E-state index is -0.466. The number of anilines is 2. The Morgan fingerprint density at radius 2 is 2.08 bits per heavy atom. The highest BCUT2D eigenvalue weighted by atomic mass is 16.2. The average Bonchev–Trinajstić information content (AvgIpc) is 2.65. The van der Waals surface area contributed by atoms with Crippen molar-refractivity contribution in [2.45, 2.75) is 26.3 Å². The van der Waals surface area contributed by atoms with Crippen LogP contribution in [0.1, 0.15) is 25.5 Å². The minimum Gasteiger partial charge on any atom is -0.369 e. The van der Waals surface area contributed by atoms with Crippen molar-refractivity contribution in [1.82, 2.24) is 14.5 Å². The van der Waals surface area contributed by atoms with Crippen LogP contribution in [0.2, 0.25) is 0 Å². The summed E-state index contributed by atoms with van der Waals surface area (Å²) < 4.78 is 1.31. The zero-order valence-electron chi connectivity index (χ0n) is 14.6. The Labute approximate surface area is 151 Å². The van der Waals surface area contributed by atoms with Crippen LogP contribution in [0.5, 0.6) is 0 Å². The molecule has 0 bridgehead atoms. The molecule has 0 aromatic carbocycles. The molecule has 0 unspecified atom stereocenters. The molecule has 0 atom stereocenters. The number of piperidine rings is 1. The first-order valence-electron chi connectivity index (χ1n) is 8.52. The van der Waals surface area contributed by atoms with Gasteiger partial charge in [-0.2, -0.15) is 10.2 Å². The molecule has 8 heteroatoms. The molecule has 26 heavy (non-hydrogen) atoms. The van der Waals surface area contributed by atoms with Crippen molar-refractivity contribution < 1.29 is 4.79 Å². The van der Waals surface area contributed by atoms with Crippen molar-refractivity contribution in [2.75, 3.05) is 23.3 Å². The van der Waals surface area contributed by atoms with Gasteiger partial charge in [0.2, 0.25) is 5.91 Å². The predicted molar refractivity (Wildman–Crippen MR) is 96.7 cm³/mol. The Morgan fingerprint density at radius 3 is 2.73 bits per heavy atom.